The summed E-state index contributed by atoms with van der Waals surface area (Å²) in [6, 6.07) is 13.5. The lowest BCUT2D eigenvalue weighted by molar-refractivity contribution is 0.648. The average molecular weight is 288 g/mol. The van der Waals surface area contributed by atoms with Gasteiger partial charge in [0.25, 0.3) is 0 Å². The van der Waals surface area contributed by atoms with Gasteiger partial charge in [-0.2, -0.15) is 5.26 Å². The summed E-state index contributed by atoms with van der Waals surface area (Å²) in [5, 5.41) is 9.02. The Balaban J connectivity index is 1.68. The van der Waals surface area contributed by atoms with Crippen molar-refractivity contribution in [2.24, 2.45) is 0 Å². The lowest BCUT2D eigenvalue weighted by Gasteiger charge is -2.35. The van der Waals surface area contributed by atoms with E-state index in [0.29, 0.717) is 17.8 Å². The van der Waals surface area contributed by atoms with Crippen LogP contribution in [0.4, 0.5) is 5.82 Å². The smallest absolute Gasteiger partial charge is 0.161 e. The molecule has 4 heteroatoms. The molecule has 3 heterocycles. The summed E-state index contributed by atoms with van der Waals surface area (Å²) in [4.78, 5) is 10.9. The fourth-order valence-electron chi connectivity index (χ4n) is 3.59. The highest BCUT2D eigenvalue weighted by atomic mass is 15.3. The molecule has 1 saturated heterocycles. The molecule has 0 spiro atoms. The van der Waals surface area contributed by atoms with Gasteiger partial charge in [-0.25, -0.2) is 4.98 Å². The van der Waals surface area contributed by atoms with Crippen molar-refractivity contribution in [3.05, 3.63) is 60.1 Å². The van der Waals surface area contributed by atoms with Gasteiger partial charge in [0.1, 0.15) is 11.9 Å². The molecule has 4 rings (SSSR count). The summed E-state index contributed by atoms with van der Waals surface area (Å²) in [6.45, 7) is 0. The van der Waals surface area contributed by atoms with Crippen molar-refractivity contribution in [2.75, 3.05) is 4.90 Å². The maximum Gasteiger partial charge on any atom is 0.161 e. The number of hydrogen-bond donors (Lipinski definition) is 0. The van der Waals surface area contributed by atoms with Gasteiger partial charge < -0.3 is 4.90 Å². The van der Waals surface area contributed by atoms with Gasteiger partial charge >= 0.3 is 0 Å². The summed E-state index contributed by atoms with van der Waals surface area (Å²) in [7, 11) is 0. The van der Waals surface area contributed by atoms with Crippen molar-refractivity contribution >= 4 is 11.4 Å². The van der Waals surface area contributed by atoms with Gasteiger partial charge in [0, 0.05) is 12.1 Å². The van der Waals surface area contributed by atoms with Crippen molar-refractivity contribution in [1.29, 1.82) is 5.26 Å². The lowest BCUT2D eigenvalue weighted by Crippen LogP contribution is -2.39. The number of anilines is 1. The fourth-order valence-corrected chi connectivity index (χ4v) is 3.59. The second-order valence-corrected chi connectivity index (χ2v) is 5.84. The maximum absolute atomic E-state index is 9.02. The van der Waals surface area contributed by atoms with Gasteiger partial charge in [0.15, 0.2) is 5.69 Å². The van der Waals surface area contributed by atoms with Gasteiger partial charge in [-0.15, -0.1) is 0 Å². The van der Waals surface area contributed by atoms with Gasteiger partial charge in [-0.3, -0.25) is 4.98 Å². The predicted octanol–water partition coefficient (Wildman–Crippen LogP) is 3.17. The average Bonchev–Trinajstić information content (AvgIpc) is 2.85. The predicted molar refractivity (Wildman–Crippen MR) is 85.1 cm³/mol. The third kappa shape index (κ3) is 2.15. The second kappa shape index (κ2) is 5.27. The molecular weight excluding hydrogens is 272 g/mol. The van der Waals surface area contributed by atoms with Gasteiger partial charge in [-0.1, -0.05) is 36.4 Å². The number of fused-ring (bicyclic) bond motifs is 2. The Morgan fingerprint density at radius 2 is 2.00 bits per heavy atom. The Labute approximate surface area is 129 Å². The Bertz CT molecular complexity index is 760. The summed E-state index contributed by atoms with van der Waals surface area (Å²) in [6.07, 6.45) is 8.97. The minimum absolute atomic E-state index is 0.359. The van der Waals surface area contributed by atoms with E-state index >= 15 is 0 Å². The van der Waals surface area contributed by atoms with E-state index in [9.17, 15) is 0 Å². The van der Waals surface area contributed by atoms with E-state index in [0.717, 1.165) is 25.1 Å². The van der Waals surface area contributed by atoms with Crippen LogP contribution < -0.4 is 4.90 Å². The van der Waals surface area contributed by atoms with Crippen LogP contribution in [-0.2, 0) is 0 Å². The zero-order chi connectivity index (χ0) is 14.9. The van der Waals surface area contributed by atoms with E-state index in [4.69, 9.17) is 5.26 Å². The monoisotopic (exact) mass is 288 g/mol. The van der Waals surface area contributed by atoms with E-state index in [2.05, 4.69) is 57.3 Å². The van der Waals surface area contributed by atoms with Crippen molar-refractivity contribution in [1.82, 2.24) is 9.97 Å². The van der Waals surface area contributed by atoms with Crippen molar-refractivity contribution < 1.29 is 0 Å². The molecule has 2 aliphatic heterocycles. The quantitative estimate of drug-likeness (QED) is 0.851. The summed E-state index contributed by atoms with van der Waals surface area (Å²) < 4.78 is 0. The molecule has 0 amide bonds. The van der Waals surface area contributed by atoms with Crippen LogP contribution in [0, 0.1) is 11.3 Å². The van der Waals surface area contributed by atoms with Gasteiger partial charge in [0.2, 0.25) is 0 Å². The third-order valence-electron chi connectivity index (χ3n) is 4.54. The Morgan fingerprint density at radius 1 is 1.14 bits per heavy atom. The highest BCUT2D eigenvalue weighted by molar-refractivity contribution is 5.70. The molecule has 108 valence electrons. The van der Waals surface area contributed by atoms with Crippen molar-refractivity contribution in [3.8, 4) is 6.07 Å². The Kier molecular flexibility index (Phi) is 3.12. The number of hydrogen-bond acceptors (Lipinski definition) is 4. The molecule has 0 aliphatic carbocycles. The zero-order valence-corrected chi connectivity index (χ0v) is 12.2. The number of nitriles is 1. The molecule has 0 saturated carbocycles. The second-order valence-electron chi connectivity index (χ2n) is 5.84. The molecule has 4 nitrogen and oxygen atoms in total. The van der Waals surface area contributed by atoms with E-state index in [1.165, 1.54) is 17.3 Å². The fraction of sp³-hybridized carbons (Fsp3) is 0.278. The minimum atomic E-state index is 0.359. The molecule has 22 heavy (non-hydrogen) atoms. The number of rotatable bonds is 2. The zero-order valence-electron chi connectivity index (χ0n) is 12.2. The van der Waals surface area contributed by atoms with Crippen LogP contribution in [0.15, 0.2) is 48.8 Å². The van der Waals surface area contributed by atoms with Crippen LogP contribution in [0.3, 0.4) is 0 Å². The van der Waals surface area contributed by atoms with Crippen LogP contribution in [-0.4, -0.2) is 22.1 Å². The highest BCUT2D eigenvalue weighted by Gasteiger charge is 2.37. The van der Waals surface area contributed by atoms with Crippen LogP contribution in [0.2, 0.25) is 0 Å². The molecule has 2 aromatic rings. The standard InChI is InChI=1S/C18H16N4/c19-10-15-11-20-12-18(21-15)22-16-6-7-17(22)9-14(8-16)13-4-2-1-3-5-13/h1-5,8,11-12,16-17H,6-7,9H2/t16-,17-/m1/s1. The van der Waals surface area contributed by atoms with E-state index in [1.807, 2.05) is 0 Å². The maximum atomic E-state index is 9.02. The lowest BCUT2D eigenvalue weighted by atomic mass is 9.95. The first-order valence-corrected chi connectivity index (χ1v) is 7.62. The Morgan fingerprint density at radius 3 is 2.77 bits per heavy atom. The van der Waals surface area contributed by atoms with Crippen molar-refractivity contribution in [3.63, 3.8) is 0 Å². The molecule has 0 unspecified atom stereocenters. The molecule has 1 aromatic heterocycles. The summed E-state index contributed by atoms with van der Waals surface area (Å²) in [5.41, 5.74) is 3.12. The van der Waals surface area contributed by atoms with E-state index in [-0.39, 0.29) is 0 Å². The number of nitrogens with zero attached hydrogens (tertiary/aromatic N) is 4. The highest BCUT2D eigenvalue weighted by Crippen LogP contribution is 2.40. The van der Waals surface area contributed by atoms with Crippen molar-refractivity contribution in [2.45, 2.75) is 31.3 Å². The molecule has 2 aliphatic rings. The topological polar surface area (TPSA) is 52.8 Å². The first-order valence-electron chi connectivity index (χ1n) is 7.62. The van der Waals surface area contributed by atoms with Gasteiger partial charge in [-0.05, 0) is 30.4 Å². The molecule has 0 radical (unpaired) electrons. The molecule has 1 aromatic carbocycles. The third-order valence-corrected chi connectivity index (χ3v) is 4.54. The molecule has 2 atom stereocenters. The minimum Gasteiger partial charge on any atom is -0.346 e. The largest absolute Gasteiger partial charge is 0.346 e. The molecular formula is C18H16N4. The SMILES string of the molecule is N#Cc1cncc(N2[C@@H]3CC[C@@H]2C=C(c2ccccc2)C3)n1. The summed E-state index contributed by atoms with van der Waals surface area (Å²) in [5.74, 6) is 0.829. The first-order chi connectivity index (χ1) is 10.8. The van der Waals surface area contributed by atoms with Crippen LogP contribution >= 0.6 is 0 Å². The van der Waals surface area contributed by atoms with Gasteiger partial charge in [0.05, 0.1) is 12.4 Å². The van der Waals surface area contributed by atoms with E-state index < -0.39 is 0 Å². The molecule has 0 N–H and O–H groups in total. The van der Waals surface area contributed by atoms with Crippen LogP contribution in [0.25, 0.3) is 5.57 Å². The molecule has 1 fully saturated rings. The molecule has 2 bridgehead atoms. The Hall–Kier alpha value is -2.67. The number of benzene rings is 1. The van der Waals surface area contributed by atoms with E-state index in [1.54, 1.807) is 6.20 Å². The summed E-state index contributed by atoms with van der Waals surface area (Å²) >= 11 is 0. The normalized spacial score (nSPS) is 23.0. The first kappa shape index (κ1) is 13.0. The van der Waals surface area contributed by atoms with Crippen LogP contribution in [0.5, 0.6) is 0 Å². The number of aromatic nitrogens is 2. The van der Waals surface area contributed by atoms with Crippen LogP contribution in [0.1, 0.15) is 30.5 Å².